The van der Waals surface area contributed by atoms with Crippen LogP contribution < -0.4 is 9.64 Å². The van der Waals surface area contributed by atoms with Crippen molar-refractivity contribution >= 4 is 29.1 Å². The number of benzene rings is 1. The zero-order valence-electron chi connectivity index (χ0n) is 12.6. The van der Waals surface area contributed by atoms with Gasteiger partial charge in [-0.25, -0.2) is 9.78 Å². The molecule has 1 aromatic carbocycles. The van der Waals surface area contributed by atoms with Gasteiger partial charge in [-0.1, -0.05) is 11.6 Å². The molecule has 1 unspecified atom stereocenters. The zero-order valence-corrected chi connectivity index (χ0v) is 13.4. The quantitative estimate of drug-likeness (QED) is 0.790. The van der Waals surface area contributed by atoms with Crippen LogP contribution in [0.5, 0.6) is 5.75 Å². The molecule has 0 saturated carbocycles. The highest BCUT2D eigenvalue weighted by molar-refractivity contribution is 6.30. The second kappa shape index (κ2) is 7.13. The zero-order chi connectivity index (χ0) is 16.1. The predicted molar refractivity (Wildman–Crippen MR) is 85.9 cm³/mol. The Bertz CT molecular complexity index is 629. The van der Waals surface area contributed by atoms with Crippen molar-refractivity contribution in [2.24, 2.45) is 0 Å². The van der Waals surface area contributed by atoms with Gasteiger partial charge >= 0.3 is 5.97 Å². The van der Waals surface area contributed by atoms with Gasteiger partial charge in [-0.05, 0) is 43.3 Å². The molecule has 2 aromatic rings. The average Bonchev–Trinajstić information content (AvgIpc) is 2.54. The van der Waals surface area contributed by atoms with E-state index in [9.17, 15) is 4.79 Å². The third-order valence-corrected chi connectivity index (χ3v) is 3.35. The number of hydrogen-bond acceptors (Lipinski definition) is 5. The Morgan fingerprint density at radius 1 is 1.23 bits per heavy atom. The minimum absolute atomic E-state index is 0.411. The number of nitrogens with zero attached hydrogens (tertiary/aromatic N) is 2. The Balaban J connectivity index is 2.08. The van der Waals surface area contributed by atoms with E-state index in [2.05, 4.69) is 9.72 Å². The highest BCUT2D eigenvalue weighted by atomic mass is 35.5. The van der Waals surface area contributed by atoms with Crippen LogP contribution in [0, 0.1) is 0 Å². The van der Waals surface area contributed by atoms with Crippen molar-refractivity contribution in [1.29, 1.82) is 0 Å². The first-order chi connectivity index (χ1) is 10.5. The second-order valence-electron chi connectivity index (χ2n) is 4.67. The minimum atomic E-state index is -0.647. The molecule has 0 fully saturated rings. The van der Waals surface area contributed by atoms with Gasteiger partial charge in [0.05, 0.1) is 12.1 Å². The monoisotopic (exact) mass is 320 g/mol. The van der Waals surface area contributed by atoms with Crippen molar-refractivity contribution in [3.05, 3.63) is 47.6 Å². The Morgan fingerprint density at radius 3 is 2.45 bits per heavy atom. The molecular weight excluding hydrogens is 304 g/mol. The fourth-order valence-electron chi connectivity index (χ4n) is 1.87. The fourth-order valence-corrected chi connectivity index (χ4v) is 1.98. The molecule has 5 nitrogen and oxygen atoms in total. The van der Waals surface area contributed by atoms with E-state index >= 15 is 0 Å². The van der Waals surface area contributed by atoms with E-state index in [4.69, 9.17) is 16.3 Å². The Kier molecular flexibility index (Phi) is 5.22. The van der Waals surface area contributed by atoms with Crippen molar-refractivity contribution in [3.63, 3.8) is 0 Å². The van der Waals surface area contributed by atoms with Crippen molar-refractivity contribution in [3.8, 4) is 5.75 Å². The SMILES string of the molecule is COC(=O)C(C)Oc1ccc(N(C)c2ccc(Cl)cn2)cc1. The topological polar surface area (TPSA) is 51.7 Å². The molecule has 0 aliphatic heterocycles. The summed E-state index contributed by atoms with van der Waals surface area (Å²) in [6.07, 6.45) is 0.953. The van der Waals surface area contributed by atoms with Crippen LogP contribution in [0.2, 0.25) is 5.02 Å². The lowest BCUT2D eigenvalue weighted by Crippen LogP contribution is -2.24. The van der Waals surface area contributed by atoms with Gasteiger partial charge in [0, 0.05) is 18.9 Å². The van der Waals surface area contributed by atoms with Crippen LogP contribution in [0.3, 0.4) is 0 Å². The van der Waals surface area contributed by atoms with Crippen LogP contribution in [0.15, 0.2) is 42.6 Å². The van der Waals surface area contributed by atoms with Crippen LogP contribution in [0.4, 0.5) is 11.5 Å². The molecule has 1 aromatic heterocycles. The Labute approximate surface area is 134 Å². The molecule has 0 aliphatic carbocycles. The Morgan fingerprint density at radius 2 is 1.91 bits per heavy atom. The first kappa shape index (κ1) is 16.1. The molecule has 0 aliphatic rings. The first-order valence-electron chi connectivity index (χ1n) is 6.71. The van der Waals surface area contributed by atoms with Gasteiger partial charge in [-0.2, -0.15) is 0 Å². The van der Waals surface area contributed by atoms with E-state index in [-0.39, 0.29) is 0 Å². The maximum absolute atomic E-state index is 11.3. The molecule has 1 heterocycles. The number of anilines is 2. The highest BCUT2D eigenvalue weighted by Gasteiger charge is 2.14. The summed E-state index contributed by atoms with van der Waals surface area (Å²) in [4.78, 5) is 17.5. The lowest BCUT2D eigenvalue weighted by atomic mass is 10.2. The molecule has 22 heavy (non-hydrogen) atoms. The summed E-state index contributed by atoms with van der Waals surface area (Å²) < 4.78 is 10.1. The number of ether oxygens (including phenoxy) is 2. The van der Waals surface area contributed by atoms with Gasteiger partial charge in [-0.3, -0.25) is 0 Å². The molecular formula is C16H17ClN2O3. The van der Waals surface area contributed by atoms with Crippen LogP contribution in [-0.2, 0) is 9.53 Å². The van der Waals surface area contributed by atoms with Crippen LogP contribution in [-0.4, -0.2) is 31.2 Å². The number of pyridine rings is 1. The summed E-state index contributed by atoms with van der Waals surface area (Å²) in [5, 5.41) is 0.595. The summed E-state index contributed by atoms with van der Waals surface area (Å²) in [5.74, 6) is 0.965. The van der Waals surface area contributed by atoms with Crippen molar-refractivity contribution in [2.75, 3.05) is 19.1 Å². The number of methoxy groups -OCH3 is 1. The number of halogens is 1. The molecule has 116 valence electrons. The Hall–Kier alpha value is -2.27. The molecule has 2 rings (SSSR count). The molecule has 0 radical (unpaired) electrons. The van der Waals surface area contributed by atoms with Gasteiger partial charge in [0.1, 0.15) is 11.6 Å². The number of carbonyl (C=O) groups excluding carboxylic acids is 1. The predicted octanol–water partition coefficient (Wildman–Crippen LogP) is 3.44. The highest BCUT2D eigenvalue weighted by Crippen LogP contribution is 2.25. The van der Waals surface area contributed by atoms with E-state index in [1.165, 1.54) is 7.11 Å². The van der Waals surface area contributed by atoms with Crippen LogP contribution >= 0.6 is 11.6 Å². The summed E-state index contributed by atoms with van der Waals surface area (Å²) in [6.45, 7) is 1.64. The van der Waals surface area contributed by atoms with E-state index in [1.807, 2.05) is 30.1 Å². The van der Waals surface area contributed by atoms with Crippen LogP contribution in [0.25, 0.3) is 0 Å². The standard InChI is InChI=1S/C16H17ClN2O3/c1-11(16(20)21-3)22-14-7-5-13(6-8-14)19(2)15-9-4-12(17)10-18-15/h4-11H,1-3H3. The molecule has 0 bridgehead atoms. The van der Waals surface area contributed by atoms with Gasteiger partial charge in [0.2, 0.25) is 0 Å². The molecule has 0 spiro atoms. The maximum Gasteiger partial charge on any atom is 0.346 e. The first-order valence-corrected chi connectivity index (χ1v) is 7.09. The largest absolute Gasteiger partial charge is 0.479 e. The molecule has 6 heteroatoms. The van der Waals surface area contributed by atoms with Crippen LogP contribution in [0.1, 0.15) is 6.92 Å². The maximum atomic E-state index is 11.3. The van der Waals surface area contributed by atoms with Gasteiger partial charge < -0.3 is 14.4 Å². The van der Waals surface area contributed by atoms with Crippen molar-refractivity contribution < 1.29 is 14.3 Å². The summed E-state index contributed by atoms with van der Waals surface area (Å²) in [5.41, 5.74) is 0.938. The molecule has 0 amide bonds. The van der Waals surface area contributed by atoms with Gasteiger partial charge in [0.25, 0.3) is 0 Å². The molecule has 1 atom stereocenters. The smallest absolute Gasteiger partial charge is 0.346 e. The van der Waals surface area contributed by atoms with Crippen molar-refractivity contribution in [1.82, 2.24) is 4.98 Å². The third-order valence-electron chi connectivity index (χ3n) is 3.13. The van der Waals surface area contributed by atoms with Gasteiger partial charge in [-0.15, -0.1) is 0 Å². The average molecular weight is 321 g/mol. The summed E-state index contributed by atoms with van der Waals surface area (Å²) in [7, 11) is 3.24. The fraction of sp³-hybridized carbons (Fsp3) is 0.250. The number of aromatic nitrogens is 1. The lowest BCUT2D eigenvalue weighted by Gasteiger charge is -2.19. The second-order valence-corrected chi connectivity index (χ2v) is 5.11. The minimum Gasteiger partial charge on any atom is -0.479 e. The van der Waals surface area contributed by atoms with Crippen molar-refractivity contribution in [2.45, 2.75) is 13.0 Å². The van der Waals surface area contributed by atoms with E-state index in [0.717, 1.165) is 11.5 Å². The number of carbonyl (C=O) groups is 1. The summed E-state index contributed by atoms with van der Waals surface area (Å²) >= 11 is 5.83. The number of hydrogen-bond donors (Lipinski definition) is 0. The van der Waals surface area contributed by atoms with E-state index in [1.54, 1.807) is 31.3 Å². The van der Waals surface area contributed by atoms with Gasteiger partial charge in [0.15, 0.2) is 6.10 Å². The number of esters is 1. The normalized spacial score (nSPS) is 11.6. The van der Waals surface area contributed by atoms with E-state index < -0.39 is 12.1 Å². The molecule has 0 saturated heterocycles. The van der Waals surface area contributed by atoms with E-state index in [0.29, 0.717) is 10.8 Å². The lowest BCUT2D eigenvalue weighted by molar-refractivity contribution is -0.147. The number of rotatable bonds is 5. The molecule has 0 N–H and O–H groups in total. The third kappa shape index (κ3) is 3.89. The summed E-state index contributed by atoms with van der Waals surface area (Å²) in [6, 6.07) is 11.0.